The number of β-amino-alcohol motifs (C(OH)–C–C–N with tert-alkyl or cyclic N) is 1. The first-order valence-corrected chi connectivity index (χ1v) is 10.1. The number of aliphatic hydroxyl groups is 1. The van der Waals surface area contributed by atoms with E-state index in [1.807, 2.05) is 12.1 Å². The summed E-state index contributed by atoms with van der Waals surface area (Å²) in [5.41, 5.74) is 1.54. The molecule has 1 aromatic rings. The predicted molar refractivity (Wildman–Crippen MR) is 104 cm³/mol. The minimum absolute atomic E-state index is 0.139. The van der Waals surface area contributed by atoms with Gasteiger partial charge in [-0.1, -0.05) is 26.0 Å². The van der Waals surface area contributed by atoms with Crippen LogP contribution < -0.4 is 0 Å². The lowest BCUT2D eigenvalue weighted by Gasteiger charge is -2.61. The van der Waals surface area contributed by atoms with E-state index >= 15 is 0 Å². The van der Waals surface area contributed by atoms with E-state index in [0.29, 0.717) is 17.5 Å². The summed E-state index contributed by atoms with van der Waals surface area (Å²) in [5, 5.41) is 19.4. The molecule has 6 nitrogen and oxygen atoms in total. The quantitative estimate of drug-likeness (QED) is 0.812. The van der Waals surface area contributed by atoms with Gasteiger partial charge in [0.2, 0.25) is 0 Å². The number of fused-ring (bicyclic) bond motifs is 2. The Balaban J connectivity index is 1.44. The molecule has 3 heterocycles. The Morgan fingerprint density at radius 1 is 1.22 bits per heavy atom. The number of carbonyl (C=O) groups is 1. The number of aromatic carboxylic acids is 1. The van der Waals surface area contributed by atoms with Crippen LogP contribution in [-0.2, 0) is 6.54 Å². The normalized spacial score (nSPS) is 28.4. The standard InChI is InChI=1S/C21H31N3O3/c1-15(2)8-22-10-18-7-19(25)11-24(18)21(12-22)13-23(14-21)9-16-4-3-5-17(6-16)20(26)27/h3-6,15,18-19,25H,7-14H2,1-2H3,(H,26,27). The van der Waals surface area contributed by atoms with Crippen molar-refractivity contribution in [3.8, 4) is 0 Å². The number of nitrogens with zero attached hydrogens (tertiary/aromatic N) is 3. The van der Waals surface area contributed by atoms with E-state index in [9.17, 15) is 15.0 Å². The van der Waals surface area contributed by atoms with Crippen LogP contribution in [0, 0.1) is 5.92 Å². The van der Waals surface area contributed by atoms with Crippen LogP contribution in [0.15, 0.2) is 24.3 Å². The number of piperazine rings is 1. The van der Waals surface area contributed by atoms with Gasteiger partial charge in [-0.05, 0) is 30.0 Å². The van der Waals surface area contributed by atoms with Crippen LogP contribution in [0.5, 0.6) is 0 Å². The molecule has 0 amide bonds. The second kappa shape index (κ2) is 7.17. The Bertz CT molecular complexity index is 702. The molecule has 3 aliphatic rings. The summed E-state index contributed by atoms with van der Waals surface area (Å²) in [5.74, 6) is -0.225. The zero-order chi connectivity index (χ0) is 19.2. The fourth-order valence-corrected chi connectivity index (χ4v) is 5.41. The van der Waals surface area contributed by atoms with Gasteiger partial charge in [0.25, 0.3) is 0 Å². The summed E-state index contributed by atoms with van der Waals surface area (Å²) < 4.78 is 0. The lowest BCUT2D eigenvalue weighted by Crippen LogP contribution is -2.77. The number of aliphatic hydroxyl groups excluding tert-OH is 1. The molecule has 2 atom stereocenters. The van der Waals surface area contributed by atoms with E-state index < -0.39 is 5.97 Å². The van der Waals surface area contributed by atoms with Gasteiger partial charge in [0.05, 0.1) is 17.2 Å². The van der Waals surface area contributed by atoms with Crippen molar-refractivity contribution in [2.75, 3.05) is 39.3 Å². The van der Waals surface area contributed by atoms with Crippen molar-refractivity contribution in [1.82, 2.24) is 14.7 Å². The van der Waals surface area contributed by atoms with Gasteiger partial charge in [-0.2, -0.15) is 0 Å². The summed E-state index contributed by atoms with van der Waals surface area (Å²) in [4.78, 5) is 18.8. The zero-order valence-electron chi connectivity index (χ0n) is 16.3. The highest BCUT2D eigenvalue weighted by Crippen LogP contribution is 2.39. The maximum absolute atomic E-state index is 11.2. The summed E-state index contributed by atoms with van der Waals surface area (Å²) in [6.07, 6.45) is 0.684. The lowest BCUT2D eigenvalue weighted by atomic mass is 9.83. The second-order valence-electron chi connectivity index (χ2n) is 9.16. The number of hydrogen-bond donors (Lipinski definition) is 2. The Hall–Kier alpha value is -1.47. The van der Waals surface area contributed by atoms with Crippen LogP contribution in [0.25, 0.3) is 0 Å². The summed E-state index contributed by atoms with van der Waals surface area (Å²) in [6.45, 7) is 11.3. The van der Waals surface area contributed by atoms with Crippen molar-refractivity contribution in [1.29, 1.82) is 0 Å². The smallest absolute Gasteiger partial charge is 0.335 e. The van der Waals surface area contributed by atoms with Gasteiger partial charge in [0, 0.05) is 51.9 Å². The molecule has 2 unspecified atom stereocenters. The largest absolute Gasteiger partial charge is 0.478 e. The van der Waals surface area contributed by atoms with Crippen molar-refractivity contribution < 1.29 is 15.0 Å². The molecule has 0 saturated carbocycles. The third-order valence-corrected chi connectivity index (χ3v) is 6.23. The molecular weight excluding hydrogens is 342 g/mol. The van der Waals surface area contributed by atoms with E-state index in [-0.39, 0.29) is 11.6 Å². The van der Waals surface area contributed by atoms with E-state index in [4.69, 9.17) is 0 Å². The SMILES string of the molecule is CC(C)CN1CC2CC(O)CN2C2(C1)CN(Cc1cccc(C(=O)O)c1)C2. The van der Waals surface area contributed by atoms with Crippen LogP contribution in [0.2, 0.25) is 0 Å². The number of rotatable bonds is 5. The number of carboxylic acid groups (broad SMARTS) is 1. The third-order valence-electron chi connectivity index (χ3n) is 6.23. The van der Waals surface area contributed by atoms with Crippen molar-refractivity contribution in [3.05, 3.63) is 35.4 Å². The molecule has 2 N–H and O–H groups in total. The summed E-state index contributed by atoms with van der Waals surface area (Å²) in [7, 11) is 0. The number of carboxylic acids is 1. The molecule has 0 aromatic heterocycles. The fraction of sp³-hybridized carbons (Fsp3) is 0.667. The zero-order valence-corrected chi connectivity index (χ0v) is 16.3. The molecule has 1 spiro atoms. The third kappa shape index (κ3) is 3.76. The minimum atomic E-state index is -0.873. The van der Waals surface area contributed by atoms with Gasteiger partial charge in [-0.15, -0.1) is 0 Å². The first-order chi connectivity index (χ1) is 12.8. The molecule has 3 saturated heterocycles. The first-order valence-electron chi connectivity index (χ1n) is 10.1. The van der Waals surface area contributed by atoms with Crippen LogP contribution >= 0.6 is 0 Å². The molecule has 27 heavy (non-hydrogen) atoms. The van der Waals surface area contributed by atoms with Gasteiger partial charge >= 0.3 is 5.97 Å². The lowest BCUT2D eigenvalue weighted by molar-refractivity contribution is -0.117. The van der Waals surface area contributed by atoms with E-state index in [1.165, 1.54) is 0 Å². The Labute approximate surface area is 161 Å². The molecule has 0 radical (unpaired) electrons. The summed E-state index contributed by atoms with van der Waals surface area (Å²) >= 11 is 0. The van der Waals surface area contributed by atoms with Gasteiger partial charge < -0.3 is 10.2 Å². The van der Waals surface area contributed by atoms with Gasteiger partial charge in [0.1, 0.15) is 0 Å². The molecular formula is C21H31N3O3. The predicted octanol–water partition coefficient (Wildman–Crippen LogP) is 1.35. The summed E-state index contributed by atoms with van der Waals surface area (Å²) in [6, 6.07) is 7.72. The number of benzene rings is 1. The second-order valence-corrected chi connectivity index (χ2v) is 9.16. The monoisotopic (exact) mass is 373 g/mol. The van der Waals surface area contributed by atoms with Crippen LogP contribution in [0.3, 0.4) is 0 Å². The minimum Gasteiger partial charge on any atom is -0.478 e. The first kappa shape index (κ1) is 18.9. The van der Waals surface area contributed by atoms with Crippen LogP contribution in [0.4, 0.5) is 0 Å². The van der Waals surface area contributed by atoms with E-state index in [2.05, 4.69) is 28.5 Å². The molecule has 1 aromatic carbocycles. The maximum atomic E-state index is 11.2. The fourth-order valence-electron chi connectivity index (χ4n) is 5.41. The molecule has 3 aliphatic heterocycles. The number of likely N-dealkylation sites (tertiary alicyclic amines) is 1. The highest BCUT2D eigenvalue weighted by atomic mass is 16.4. The maximum Gasteiger partial charge on any atom is 0.335 e. The molecule has 148 valence electrons. The molecule has 0 aliphatic carbocycles. The molecule has 6 heteroatoms. The van der Waals surface area contributed by atoms with Crippen LogP contribution in [0.1, 0.15) is 36.2 Å². The van der Waals surface area contributed by atoms with Crippen LogP contribution in [-0.4, -0.2) is 87.8 Å². The van der Waals surface area contributed by atoms with Gasteiger partial charge in [-0.25, -0.2) is 4.79 Å². The molecule has 3 fully saturated rings. The Morgan fingerprint density at radius 3 is 2.67 bits per heavy atom. The average Bonchev–Trinajstić information content (AvgIpc) is 2.93. The van der Waals surface area contributed by atoms with Gasteiger partial charge in [-0.3, -0.25) is 14.7 Å². The highest BCUT2D eigenvalue weighted by molar-refractivity contribution is 5.87. The van der Waals surface area contributed by atoms with E-state index in [1.54, 1.807) is 12.1 Å². The van der Waals surface area contributed by atoms with Gasteiger partial charge in [0.15, 0.2) is 0 Å². The van der Waals surface area contributed by atoms with Crippen molar-refractivity contribution in [2.24, 2.45) is 5.92 Å². The Kier molecular flexibility index (Phi) is 5.01. The van der Waals surface area contributed by atoms with Crippen molar-refractivity contribution in [3.63, 3.8) is 0 Å². The molecule has 4 rings (SSSR count). The highest BCUT2D eigenvalue weighted by Gasteiger charge is 2.55. The molecule has 0 bridgehead atoms. The topological polar surface area (TPSA) is 67.2 Å². The Morgan fingerprint density at radius 2 is 1.96 bits per heavy atom. The van der Waals surface area contributed by atoms with E-state index in [0.717, 1.165) is 57.8 Å². The van der Waals surface area contributed by atoms with Crippen molar-refractivity contribution in [2.45, 2.75) is 44.5 Å². The average molecular weight is 373 g/mol. The van der Waals surface area contributed by atoms with Crippen molar-refractivity contribution >= 4 is 5.97 Å². The number of hydrogen-bond acceptors (Lipinski definition) is 5.